The highest BCUT2D eigenvalue weighted by Gasteiger charge is 2.13. The van der Waals surface area contributed by atoms with E-state index in [1.54, 1.807) is 18.2 Å². The van der Waals surface area contributed by atoms with Crippen molar-refractivity contribution in [2.75, 3.05) is 0 Å². The third-order valence-corrected chi connectivity index (χ3v) is 3.58. The normalized spacial score (nSPS) is 10.7. The summed E-state index contributed by atoms with van der Waals surface area (Å²) in [5, 5.41) is 17.1. The van der Waals surface area contributed by atoms with Crippen LogP contribution in [0.4, 0.5) is 5.69 Å². The zero-order valence-electron chi connectivity index (χ0n) is 10.4. The topological polar surface area (TPSA) is 82.1 Å². The minimum atomic E-state index is -0.419. The highest BCUT2D eigenvalue weighted by molar-refractivity contribution is 7.13. The Balaban J connectivity index is 1.98. The number of benzene rings is 1. The molecule has 0 radical (unpaired) electrons. The first kappa shape index (κ1) is 12.5. The Bertz CT molecular complexity index is 779. The van der Waals surface area contributed by atoms with E-state index in [1.165, 1.54) is 23.5 Å². The molecule has 7 heteroatoms. The molecule has 2 aromatic heterocycles. The van der Waals surface area contributed by atoms with Crippen LogP contribution in [-0.4, -0.2) is 15.1 Å². The van der Waals surface area contributed by atoms with Crippen molar-refractivity contribution in [1.82, 2.24) is 10.1 Å². The molecule has 6 nitrogen and oxygen atoms in total. The van der Waals surface area contributed by atoms with Crippen LogP contribution in [0.15, 0.2) is 40.2 Å². The quantitative estimate of drug-likeness (QED) is 0.542. The number of rotatable bonds is 3. The zero-order chi connectivity index (χ0) is 14.1. The Morgan fingerprint density at radius 1 is 1.35 bits per heavy atom. The van der Waals surface area contributed by atoms with Gasteiger partial charge in [-0.15, -0.1) is 11.3 Å². The van der Waals surface area contributed by atoms with Gasteiger partial charge in [0.05, 0.1) is 10.6 Å². The first-order valence-electron chi connectivity index (χ1n) is 5.77. The minimum Gasteiger partial charge on any atom is -0.354 e. The van der Waals surface area contributed by atoms with Gasteiger partial charge in [0.1, 0.15) is 10.7 Å². The van der Waals surface area contributed by atoms with Crippen molar-refractivity contribution in [3.63, 3.8) is 0 Å². The molecule has 3 rings (SSSR count). The maximum Gasteiger partial charge on any atom is 0.270 e. The predicted molar refractivity (Wildman–Crippen MR) is 74.4 cm³/mol. The maximum absolute atomic E-state index is 10.8. The Labute approximate surface area is 117 Å². The van der Waals surface area contributed by atoms with Gasteiger partial charge in [0.15, 0.2) is 5.76 Å². The lowest BCUT2D eigenvalue weighted by Gasteiger charge is -1.96. The van der Waals surface area contributed by atoms with Gasteiger partial charge in [0, 0.05) is 29.1 Å². The number of nitro benzene ring substituents is 1. The Hall–Kier alpha value is -2.54. The molecular weight excluding hydrogens is 278 g/mol. The van der Waals surface area contributed by atoms with E-state index in [9.17, 15) is 10.1 Å². The Kier molecular flexibility index (Phi) is 3.03. The summed E-state index contributed by atoms with van der Waals surface area (Å²) in [6, 6.07) is 8.20. The third kappa shape index (κ3) is 2.30. The van der Waals surface area contributed by atoms with Crippen LogP contribution >= 0.6 is 11.3 Å². The molecule has 0 unspecified atom stereocenters. The van der Waals surface area contributed by atoms with E-state index in [4.69, 9.17) is 4.52 Å². The third-order valence-electron chi connectivity index (χ3n) is 2.69. The van der Waals surface area contributed by atoms with Gasteiger partial charge in [-0.3, -0.25) is 10.1 Å². The van der Waals surface area contributed by atoms with Gasteiger partial charge in [-0.1, -0.05) is 17.3 Å². The molecule has 0 bridgehead atoms. The van der Waals surface area contributed by atoms with Crippen molar-refractivity contribution in [1.29, 1.82) is 0 Å². The molecule has 0 N–H and O–H groups in total. The van der Waals surface area contributed by atoms with Crippen LogP contribution in [0.2, 0.25) is 0 Å². The fourth-order valence-corrected chi connectivity index (χ4v) is 2.56. The molecule has 0 amide bonds. The van der Waals surface area contributed by atoms with Crippen LogP contribution in [0.3, 0.4) is 0 Å². The number of thiazole rings is 1. The van der Waals surface area contributed by atoms with Gasteiger partial charge < -0.3 is 4.52 Å². The van der Waals surface area contributed by atoms with Crippen molar-refractivity contribution in [3.8, 4) is 22.0 Å². The van der Waals surface area contributed by atoms with E-state index < -0.39 is 4.92 Å². The lowest BCUT2D eigenvalue weighted by molar-refractivity contribution is -0.384. The van der Waals surface area contributed by atoms with E-state index in [1.807, 2.05) is 12.3 Å². The van der Waals surface area contributed by atoms with E-state index in [2.05, 4.69) is 10.1 Å². The molecule has 2 heterocycles. The summed E-state index contributed by atoms with van der Waals surface area (Å²) in [5.74, 6) is 0.593. The predicted octanol–water partition coefficient (Wildman–Crippen LogP) is 3.68. The smallest absolute Gasteiger partial charge is 0.270 e. The highest BCUT2D eigenvalue weighted by Crippen LogP contribution is 2.30. The summed E-state index contributed by atoms with van der Waals surface area (Å²) in [7, 11) is 0. The van der Waals surface area contributed by atoms with Crippen LogP contribution < -0.4 is 0 Å². The summed E-state index contributed by atoms with van der Waals surface area (Å²) in [6.45, 7) is 1.83. The second-order valence-electron chi connectivity index (χ2n) is 4.18. The van der Waals surface area contributed by atoms with Crippen molar-refractivity contribution >= 4 is 17.0 Å². The second-order valence-corrected chi connectivity index (χ2v) is 5.04. The van der Waals surface area contributed by atoms with Crippen molar-refractivity contribution in [3.05, 3.63) is 51.5 Å². The van der Waals surface area contributed by atoms with Crippen LogP contribution in [0.1, 0.15) is 5.69 Å². The molecule has 1 aromatic carbocycles. The van der Waals surface area contributed by atoms with Crippen molar-refractivity contribution in [2.24, 2.45) is 0 Å². The molecule has 0 atom stereocenters. The van der Waals surface area contributed by atoms with Gasteiger partial charge in [-0.2, -0.15) is 0 Å². The number of non-ortho nitro benzene ring substituents is 1. The van der Waals surface area contributed by atoms with Crippen molar-refractivity contribution in [2.45, 2.75) is 6.92 Å². The minimum absolute atomic E-state index is 0.0507. The largest absolute Gasteiger partial charge is 0.354 e. The first-order chi connectivity index (χ1) is 9.63. The summed E-state index contributed by atoms with van der Waals surface area (Å²) in [6.07, 6.45) is 0. The first-order valence-corrected chi connectivity index (χ1v) is 6.65. The molecular formula is C13H9N3O3S. The fourth-order valence-electron chi connectivity index (χ4n) is 1.76. The average molecular weight is 287 g/mol. The molecule has 0 saturated heterocycles. The number of aromatic nitrogens is 2. The number of nitro groups is 1. The van der Waals surface area contributed by atoms with Crippen LogP contribution in [0.5, 0.6) is 0 Å². The fraction of sp³-hybridized carbons (Fsp3) is 0.0769. The second kappa shape index (κ2) is 4.86. The molecule has 0 fully saturated rings. The molecule has 20 heavy (non-hydrogen) atoms. The Morgan fingerprint density at radius 2 is 2.20 bits per heavy atom. The maximum atomic E-state index is 10.8. The molecule has 0 spiro atoms. The Morgan fingerprint density at radius 3 is 2.90 bits per heavy atom. The van der Waals surface area contributed by atoms with Crippen LogP contribution in [0.25, 0.3) is 22.0 Å². The monoisotopic (exact) mass is 287 g/mol. The summed E-state index contributed by atoms with van der Waals surface area (Å²) < 4.78 is 5.15. The molecule has 0 aliphatic heterocycles. The summed E-state index contributed by atoms with van der Waals surface area (Å²) >= 11 is 1.41. The van der Waals surface area contributed by atoms with Gasteiger partial charge in [-0.05, 0) is 6.92 Å². The zero-order valence-corrected chi connectivity index (χ0v) is 11.3. The van der Waals surface area contributed by atoms with E-state index in [0.717, 1.165) is 5.69 Å². The lowest BCUT2D eigenvalue weighted by atomic mass is 10.2. The van der Waals surface area contributed by atoms with Gasteiger partial charge in [0.2, 0.25) is 0 Å². The van der Waals surface area contributed by atoms with Crippen molar-refractivity contribution < 1.29 is 9.45 Å². The summed E-state index contributed by atoms with van der Waals surface area (Å²) in [4.78, 5) is 14.8. The highest BCUT2D eigenvalue weighted by atomic mass is 32.1. The number of hydrogen-bond donors (Lipinski definition) is 0. The van der Waals surface area contributed by atoms with E-state index >= 15 is 0 Å². The van der Waals surface area contributed by atoms with E-state index in [0.29, 0.717) is 22.0 Å². The van der Waals surface area contributed by atoms with Gasteiger partial charge in [-0.25, -0.2) is 4.98 Å². The van der Waals surface area contributed by atoms with Crippen LogP contribution in [-0.2, 0) is 0 Å². The lowest BCUT2D eigenvalue weighted by Crippen LogP contribution is -1.87. The average Bonchev–Trinajstić information content (AvgIpc) is 3.07. The number of nitrogens with zero attached hydrogens (tertiary/aromatic N) is 3. The molecule has 100 valence electrons. The molecule has 3 aromatic rings. The van der Waals surface area contributed by atoms with Gasteiger partial charge in [0.25, 0.3) is 5.69 Å². The summed E-state index contributed by atoms with van der Waals surface area (Å²) in [5.41, 5.74) is 2.23. The van der Waals surface area contributed by atoms with Crippen LogP contribution in [0, 0.1) is 17.0 Å². The van der Waals surface area contributed by atoms with E-state index in [-0.39, 0.29) is 5.69 Å². The standard InChI is InChI=1S/C13H9N3O3S/c1-8-5-12(19-15-8)11-7-20-13(14-11)9-3-2-4-10(6-9)16(17)18/h2-7H,1H3. The van der Waals surface area contributed by atoms with Gasteiger partial charge >= 0.3 is 0 Å². The molecule has 0 saturated carbocycles. The SMILES string of the molecule is Cc1cc(-c2csc(-c3cccc([N+](=O)[O-])c3)n2)on1. The molecule has 0 aliphatic carbocycles. The number of hydrogen-bond acceptors (Lipinski definition) is 6. The molecule has 0 aliphatic rings. The number of aryl methyl sites for hydroxylation is 1.